The fourth-order valence-electron chi connectivity index (χ4n) is 3.53. The Bertz CT molecular complexity index is 1100. The van der Waals surface area contributed by atoms with Crippen LogP contribution in [0.15, 0.2) is 65.8 Å². The average molecular weight is 462 g/mol. The molecule has 4 nitrogen and oxygen atoms in total. The van der Waals surface area contributed by atoms with Gasteiger partial charge in [-0.1, -0.05) is 46.9 Å². The van der Waals surface area contributed by atoms with Gasteiger partial charge in [0, 0.05) is 23.1 Å². The Labute approximate surface area is 190 Å². The Morgan fingerprint density at radius 2 is 1.63 bits per heavy atom. The number of anilines is 1. The van der Waals surface area contributed by atoms with Crippen LogP contribution < -0.4 is 14.5 Å². The highest BCUT2D eigenvalue weighted by atomic mass is 35.5. The second-order valence-corrected chi connectivity index (χ2v) is 8.08. The largest absolute Gasteiger partial charge is 0.497 e. The second-order valence-electron chi connectivity index (χ2n) is 6.82. The molecule has 0 aliphatic carbocycles. The lowest BCUT2D eigenvalue weighted by molar-refractivity contribution is 0.388. The van der Waals surface area contributed by atoms with Crippen LogP contribution in [-0.4, -0.2) is 19.9 Å². The van der Waals surface area contributed by atoms with Crippen molar-refractivity contribution in [2.75, 3.05) is 19.2 Å². The summed E-state index contributed by atoms with van der Waals surface area (Å²) in [7, 11) is 3.28. The summed E-state index contributed by atoms with van der Waals surface area (Å²) in [4.78, 5) is 0. The van der Waals surface area contributed by atoms with E-state index >= 15 is 0 Å². The Morgan fingerprint density at radius 3 is 2.30 bits per heavy atom. The molecule has 1 heterocycles. The molecule has 30 heavy (non-hydrogen) atoms. The molecule has 0 radical (unpaired) electrons. The molecule has 154 valence electrons. The third-order valence-corrected chi connectivity index (χ3v) is 6.05. The van der Waals surface area contributed by atoms with Crippen molar-refractivity contribution >= 4 is 46.2 Å². The molecule has 1 atom stereocenters. The van der Waals surface area contributed by atoms with Gasteiger partial charge in [0.2, 0.25) is 0 Å². The van der Waals surface area contributed by atoms with Gasteiger partial charge in [-0.05, 0) is 48.0 Å². The fraction of sp³-hybridized carbons (Fsp3) is 0.174. The molecule has 0 spiro atoms. The van der Waals surface area contributed by atoms with E-state index < -0.39 is 0 Å². The Balaban J connectivity index is 1.80. The highest BCUT2D eigenvalue weighted by molar-refractivity contribution is 6.42. The lowest BCUT2D eigenvalue weighted by Crippen LogP contribution is -2.19. The van der Waals surface area contributed by atoms with Gasteiger partial charge in [0.25, 0.3) is 0 Å². The summed E-state index contributed by atoms with van der Waals surface area (Å²) in [5.74, 6) is 1.46. The molecule has 0 bridgehead atoms. The number of ether oxygens (including phenoxy) is 2. The van der Waals surface area contributed by atoms with Crippen LogP contribution in [0.4, 0.5) is 5.69 Å². The van der Waals surface area contributed by atoms with E-state index in [0.29, 0.717) is 21.5 Å². The molecule has 7 heteroatoms. The first-order chi connectivity index (χ1) is 14.5. The molecule has 3 aromatic rings. The second kappa shape index (κ2) is 8.76. The maximum absolute atomic E-state index is 6.29. The van der Waals surface area contributed by atoms with E-state index in [1.165, 1.54) is 0 Å². The van der Waals surface area contributed by atoms with Gasteiger partial charge in [0.05, 0.1) is 41.7 Å². The molecular formula is C23H19Cl3N2O2. The van der Waals surface area contributed by atoms with Crippen LogP contribution in [0, 0.1) is 0 Å². The number of hydrogen-bond donors (Lipinski definition) is 0. The molecule has 0 saturated heterocycles. The first-order valence-corrected chi connectivity index (χ1v) is 10.4. The topological polar surface area (TPSA) is 34.1 Å². The third kappa shape index (κ3) is 4.08. The predicted molar refractivity (Wildman–Crippen MR) is 124 cm³/mol. The predicted octanol–water partition coefficient (Wildman–Crippen LogP) is 7.02. The number of benzene rings is 3. The summed E-state index contributed by atoms with van der Waals surface area (Å²) in [6.45, 7) is 0. The molecule has 0 amide bonds. The van der Waals surface area contributed by atoms with E-state index in [1.54, 1.807) is 20.3 Å². The van der Waals surface area contributed by atoms with Crippen LogP contribution >= 0.6 is 34.8 Å². The van der Waals surface area contributed by atoms with E-state index in [9.17, 15) is 0 Å². The Morgan fingerprint density at radius 1 is 0.867 bits per heavy atom. The first kappa shape index (κ1) is 20.9. The molecule has 0 N–H and O–H groups in total. The number of hydrazone groups is 1. The summed E-state index contributed by atoms with van der Waals surface area (Å²) in [6, 6.07) is 18.9. The molecule has 0 aromatic heterocycles. The molecular weight excluding hydrogens is 443 g/mol. The van der Waals surface area contributed by atoms with Crippen molar-refractivity contribution in [3.05, 3.63) is 86.9 Å². The minimum atomic E-state index is -0.0891. The quantitative estimate of drug-likeness (QED) is 0.409. The maximum Gasteiger partial charge on any atom is 0.127 e. The molecule has 4 rings (SSSR count). The molecule has 0 fully saturated rings. The number of rotatable bonds is 5. The van der Waals surface area contributed by atoms with E-state index in [-0.39, 0.29) is 6.04 Å². The summed E-state index contributed by atoms with van der Waals surface area (Å²) >= 11 is 18.5. The standard InChI is InChI=1S/C23H19Cl3N2O2/c1-29-17-8-9-18(23(12-17)30-2)22-13-21(14-3-5-15(24)6-4-14)27-28(22)16-7-10-19(25)20(26)11-16/h3-12,22H,13H2,1-2H3/t22-/m0/s1. The van der Waals surface area contributed by atoms with Crippen molar-refractivity contribution in [3.8, 4) is 11.5 Å². The third-order valence-electron chi connectivity index (χ3n) is 5.06. The lowest BCUT2D eigenvalue weighted by atomic mass is 9.97. The van der Waals surface area contributed by atoms with E-state index in [1.807, 2.05) is 59.6 Å². The SMILES string of the molecule is COc1ccc([C@@H]2CC(c3ccc(Cl)cc3)=NN2c2ccc(Cl)c(Cl)c2)c(OC)c1. The fourth-order valence-corrected chi connectivity index (χ4v) is 3.95. The number of nitrogens with zero attached hydrogens (tertiary/aromatic N) is 2. The van der Waals surface area contributed by atoms with E-state index in [2.05, 4.69) is 0 Å². The van der Waals surface area contributed by atoms with Gasteiger partial charge in [-0.25, -0.2) is 0 Å². The van der Waals surface area contributed by atoms with Crippen molar-refractivity contribution in [2.24, 2.45) is 5.10 Å². The molecule has 1 aliphatic rings. The van der Waals surface area contributed by atoms with Gasteiger partial charge in [-0.2, -0.15) is 5.10 Å². The van der Waals surface area contributed by atoms with Crippen molar-refractivity contribution < 1.29 is 9.47 Å². The smallest absolute Gasteiger partial charge is 0.127 e. The minimum absolute atomic E-state index is 0.0891. The van der Waals surface area contributed by atoms with Crippen LogP contribution in [0.2, 0.25) is 15.1 Å². The van der Waals surface area contributed by atoms with Crippen LogP contribution in [0.1, 0.15) is 23.6 Å². The van der Waals surface area contributed by atoms with Gasteiger partial charge >= 0.3 is 0 Å². The van der Waals surface area contributed by atoms with Crippen molar-refractivity contribution in [1.82, 2.24) is 0 Å². The average Bonchev–Trinajstić information content (AvgIpc) is 3.20. The van der Waals surface area contributed by atoms with Crippen LogP contribution in [0.25, 0.3) is 0 Å². The number of methoxy groups -OCH3 is 2. The Kier molecular flexibility index (Phi) is 6.09. The zero-order chi connectivity index (χ0) is 21.3. The van der Waals surface area contributed by atoms with Crippen LogP contribution in [0.5, 0.6) is 11.5 Å². The Hall–Kier alpha value is -2.40. The normalized spacial score (nSPS) is 15.8. The van der Waals surface area contributed by atoms with Gasteiger partial charge in [0.1, 0.15) is 11.5 Å². The molecule has 3 aromatic carbocycles. The van der Waals surface area contributed by atoms with Crippen LogP contribution in [0.3, 0.4) is 0 Å². The number of hydrogen-bond acceptors (Lipinski definition) is 4. The molecule has 0 saturated carbocycles. The molecule has 1 aliphatic heterocycles. The van der Waals surface area contributed by atoms with E-state index in [4.69, 9.17) is 49.4 Å². The lowest BCUT2D eigenvalue weighted by Gasteiger charge is -2.26. The van der Waals surface area contributed by atoms with Gasteiger partial charge in [-0.3, -0.25) is 5.01 Å². The summed E-state index contributed by atoms with van der Waals surface area (Å²) in [5.41, 5.74) is 3.80. The van der Waals surface area contributed by atoms with Gasteiger partial charge < -0.3 is 9.47 Å². The van der Waals surface area contributed by atoms with Crippen LogP contribution in [-0.2, 0) is 0 Å². The zero-order valence-corrected chi connectivity index (χ0v) is 18.7. The van der Waals surface area contributed by atoms with Gasteiger partial charge in [-0.15, -0.1) is 0 Å². The number of halogens is 3. The first-order valence-electron chi connectivity index (χ1n) is 9.30. The highest BCUT2D eigenvalue weighted by Crippen LogP contribution is 2.42. The monoisotopic (exact) mass is 460 g/mol. The summed E-state index contributed by atoms with van der Waals surface area (Å²) in [5, 5.41) is 8.54. The highest BCUT2D eigenvalue weighted by Gasteiger charge is 2.32. The minimum Gasteiger partial charge on any atom is -0.497 e. The van der Waals surface area contributed by atoms with Crippen molar-refractivity contribution in [2.45, 2.75) is 12.5 Å². The van der Waals surface area contributed by atoms with Gasteiger partial charge in [0.15, 0.2) is 0 Å². The maximum atomic E-state index is 6.29. The van der Waals surface area contributed by atoms with E-state index in [0.717, 1.165) is 34.0 Å². The summed E-state index contributed by atoms with van der Waals surface area (Å²) in [6.07, 6.45) is 0.685. The van der Waals surface area contributed by atoms with Crippen molar-refractivity contribution in [1.29, 1.82) is 0 Å². The zero-order valence-electron chi connectivity index (χ0n) is 16.4. The summed E-state index contributed by atoms with van der Waals surface area (Å²) < 4.78 is 11.0. The van der Waals surface area contributed by atoms with Crippen molar-refractivity contribution in [3.63, 3.8) is 0 Å². The molecule has 0 unspecified atom stereocenters.